The number of nitrogens with one attached hydrogen (secondary N) is 1. The van der Waals surface area contributed by atoms with Crippen LogP contribution >= 0.6 is 0 Å². The third-order valence-electron chi connectivity index (χ3n) is 2.59. The number of aliphatic hydroxyl groups is 1. The van der Waals surface area contributed by atoms with Gasteiger partial charge in [-0.25, -0.2) is 17.5 Å². The van der Waals surface area contributed by atoms with Crippen molar-refractivity contribution in [3.63, 3.8) is 0 Å². The second kappa shape index (κ2) is 5.64. The SMILES string of the molecule is CC(C)C(CO)NS(=O)(=O)c1ccc(N)c(F)c1. The Morgan fingerprint density at radius 3 is 2.50 bits per heavy atom. The quantitative estimate of drug-likeness (QED) is 0.690. The fourth-order valence-electron chi connectivity index (χ4n) is 1.33. The summed E-state index contributed by atoms with van der Waals surface area (Å²) in [6.45, 7) is 3.22. The Balaban J connectivity index is 3.02. The van der Waals surface area contributed by atoms with E-state index in [-0.39, 0.29) is 23.1 Å². The third kappa shape index (κ3) is 3.41. The first-order valence-corrected chi connectivity index (χ1v) is 6.94. The number of nitrogen functional groups attached to an aromatic ring is 1. The van der Waals surface area contributed by atoms with Gasteiger partial charge in [-0.1, -0.05) is 13.8 Å². The van der Waals surface area contributed by atoms with Gasteiger partial charge in [-0.2, -0.15) is 0 Å². The molecule has 0 saturated carbocycles. The Kier molecular flexibility index (Phi) is 4.66. The molecule has 0 amide bonds. The number of nitrogens with two attached hydrogens (primary N) is 1. The summed E-state index contributed by atoms with van der Waals surface area (Å²) in [6.07, 6.45) is 0. The number of rotatable bonds is 5. The highest BCUT2D eigenvalue weighted by Crippen LogP contribution is 2.17. The molecule has 4 N–H and O–H groups in total. The average Bonchev–Trinajstić information content (AvgIpc) is 2.29. The monoisotopic (exact) mass is 276 g/mol. The lowest BCUT2D eigenvalue weighted by Gasteiger charge is -2.19. The van der Waals surface area contributed by atoms with E-state index in [2.05, 4.69) is 4.72 Å². The Morgan fingerprint density at radius 1 is 1.44 bits per heavy atom. The first-order valence-electron chi connectivity index (χ1n) is 5.46. The molecule has 0 aromatic heterocycles. The summed E-state index contributed by atoms with van der Waals surface area (Å²) in [4.78, 5) is -0.215. The molecule has 1 aromatic carbocycles. The second-order valence-electron chi connectivity index (χ2n) is 4.34. The molecule has 1 aromatic rings. The van der Waals surface area contributed by atoms with Gasteiger partial charge in [-0.3, -0.25) is 0 Å². The minimum atomic E-state index is -3.86. The Morgan fingerprint density at radius 2 is 2.06 bits per heavy atom. The normalized spacial score (nSPS) is 13.8. The van der Waals surface area contributed by atoms with Crippen molar-refractivity contribution in [3.05, 3.63) is 24.0 Å². The summed E-state index contributed by atoms with van der Waals surface area (Å²) in [5.74, 6) is -0.869. The maximum atomic E-state index is 13.2. The van der Waals surface area contributed by atoms with Crippen LogP contribution < -0.4 is 10.5 Å². The van der Waals surface area contributed by atoms with Gasteiger partial charge in [0.2, 0.25) is 10.0 Å². The van der Waals surface area contributed by atoms with Gasteiger partial charge in [0.15, 0.2) is 0 Å². The Bertz CT molecular complexity index is 517. The second-order valence-corrected chi connectivity index (χ2v) is 6.05. The van der Waals surface area contributed by atoms with Crippen LogP contribution in [0.3, 0.4) is 0 Å². The fraction of sp³-hybridized carbons (Fsp3) is 0.455. The molecule has 0 spiro atoms. The van der Waals surface area contributed by atoms with Gasteiger partial charge in [-0.05, 0) is 24.1 Å². The average molecular weight is 276 g/mol. The predicted octanol–water partition coefficient (Wildman–Crippen LogP) is 0.703. The van der Waals surface area contributed by atoms with Gasteiger partial charge < -0.3 is 10.8 Å². The van der Waals surface area contributed by atoms with Crippen molar-refractivity contribution in [3.8, 4) is 0 Å². The summed E-state index contributed by atoms with van der Waals surface area (Å²) in [5, 5.41) is 9.08. The largest absolute Gasteiger partial charge is 0.396 e. The van der Waals surface area contributed by atoms with E-state index in [1.807, 2.05) is 0 Å². The van der Waals surface area contributed by atoms with Crippen LogP contribution in [0.2, 0.25) is 0 Å². The molecule has 0 saturated heterocycles. The van der Waals surface area contributed by atoms with E-state index >= 15 is 0 Å². The highest BCUT2D eigenvalue weighted by Gasteiger charge is 2.22. The van der Waals surface area contributed by atoms with Crippen molar-refractivity contribution in [1.82, 2.24) is 4.72 Å². The van der Waals surface area contributed by atoms with Crippen LogP contribution in [-0.2, 0) is 10.0 Å². The molecule has 1 unspecified atom stereocenters. The highest BCUT2D eigenvalue weighted by molar-refractivity contribution is 7.89. The van der Waals surface area contributed by atoms with Gasteiger partial charge in [0.1, 0.15) is 5.82 Å². The van der Waals surface area contributed by atoms with Crippen LogP contribution in [0.25, 0.3) is 0 Å². The summed E-state index contributed by atoms with van der Waals surface area (Å²) in [5.41, 5.74) is 5.16. The van der Waals surface area contributed by atoms with E-state index in [0.29, 0.717) is 0 Å². The van der Waals surface area contributed by atoms with Gasteiger partial charge in [0, 0.05) is 6.04 Å². The van der Waals surface area contributed by atoms with Crippen molar-refractivity contribution >= 4 is 15.7 Å². The molecule has 0 aliphatic rings. The zero-order valence-electron chi connectivity index (χ0n) is 10.2. The summed E-state index contributed by atoms with van der Waals surface area (Å²) in [6, 6.07) is 2.64. The van der Waals surface area contributed by atoms with Crippen LogP contribution in [0, 0.1) is 11.7 Å². The van der Waals surface area contributed by atoms with Crippen molar-refractivity contribution in [2.45, 2.75) is 24.8 Å². The molecular weight excluding hydrogens is 259 g/mol. The number of sulfonamides is 1. The number of benzene rings is 1. The Labute approximate surface area is 106 Å². The molecule has 1 rings (SSSR count). The molecule has 0 bridgehead atoms. The van der Waals surface area contributed by atoms with Crippen LogP contribution in [0.1, 0.15) is 13.8 Å². The topological polar surface area (TPSA) is 92.4 Å². The molecule has 7 heteroatoms. The van der Waals surface area contributed by atoms with Crippen molar-refractivity contribution in [1.29, 1.82) is 0 Å². The number of halogens is 1. The smallest absolute Gasteiger partial charge is 0.241 e. The summed E-state index contributed by atoms with van der Waals surface area (Å²) in [7, 11) is -3.86. The first kappa shape index (κ1) is 14.9. The van der Waals surface area contributed by atoms with E-state index < -0.39 is 21.9 Å². The van der Waals surface area contributed by atoms with Gasteiger partial charge >= 0.3 is 0 Å². The van der Waals surface area contributed by atoms with E-state index in [0.717, 1.165) is 6.07 Å². The zero-order valence-corrected chi connectivity index (χ0v) is 11.0. The van der Waals surface area contributed by atoms with E-state index in [1.165, 1.54) is 12.1 Å². The molecule has 0 fully saturated rings. The predicted molar refractivity (Wildman–Crippen MR) is 66.8 cm³/mol. The third-order valence-corrected chi connectivity index (χ3v) is 4.08. The van der Waals surface area contributed by atoms with Crippen molar-refractivity contribution in [2.75, 3.05) is 12.3 Å². The number of hydrogen-bond donors (Lipinski definition) is 3. The number of anilines is 1. The molecule has 5 nitrogen and oxygen atoms in total. The van der Waals surface area contributed by atoms with Crippen molar-refractivity contribution < 1.29 is 17.9 Å². The van der Waals surface area contributed by atoms with E-state index in [9.17, 15) is 12.8 Å². The molecule has 1 atom stereocenters. The minimum absolute atomic E-state index is 0.0802. The van der Waals surface area contributed by atoms with E-state index in [4.69, 9.17) is 10.8 Å². The molecule has 0 heterocycles. The van der Waals surface area contributed by atoms with Crippen LogP contribution in [0.5, 0.6) is 0 Å². The highest BCUT2D eigenvalue weighted by atomic mass is 32.2. The maximum absolute atomic E-state index is 13.2. The molecule has 0 aliphatic heterocycles. The fourth-order valence-corrected chi connectivity index (χ4v) is 2.71. The molecular formula is C11H17FN2O3S. The summed E-state index contributed by atoms with van der Waals surface area (Å²) >= 11 is 0. The molecule has 102 valence electrons. The van der Waals surface area contributed by atoms with Crippen LogP contribution in [0.4, 0.5) is 10.1 Å². The summed E-state index contributed by atoms with van der Waals surface area (Å²) < 4.78 is 39.4. The Hall–Kier alpha value is -1.18. The zero-order chi connectivity index (χ0) is 13.9. The van der Waals surface area contributed by atoms with Crippen LogP contribution in [0.15, 0.2) is 23.1 Å². The standard InChI is InChI=1S/C11H17FN2O3S/c1-7(2)11(6-15)14-18(16,17)8-3-4-10(13)9(12)5-8/h3-5,7,11,14-15H,6,13H2,1-2H3. The lowest BCUT2D eigenvalue weighted by molar-refractivity contribution is 0.227. The number of hydrogen-bond acceptors (Lipinski definition) is 4. The van der Waals surface area contributed by atoms with Gasteiger partial charge in [-0.15, -0.1) is 0 Å². The van der Waals surface area contributed by atoms with E-state index in [1.54, 1.807) is 13.8 Å². The lowest BCUT2D eigenvalue weighted by atomic mass is 10.1. The minimum Gasteiger partial charge on any atom is -0.396 e. The van der Waals surface area contributed by atoms with Gasteiger partial charge in [0.05, 0.1) is 17.2 Å². The van der Waals surface area contributed by atoms with Crippen molar-refractivity contribution in [2.24, 2.45) is 5.92 Å². The van der Waals surface area contributed by atoms with Crippen LogP contribution in [-0.4, -0.2) is 26.2 Å². The van der Waals surface area contributed by atoms with Gasteiger partial charge in [0.25, 0.3) is 0 Å². The lowest BCUT2D eigenvalue weighted by Crippen LogP contribution is -2.41. The number of aliphatic hydroxyl groups excluding tert-OH is 1. The maximum Gasteiger partial charge on any atom is 0.241 e. The molecule has 18 heavy (non-hydrogen) atoms. The molecule has 0 aliphatic carbocycles. The molecule has 0 radical (unpaired) electrons. The first-order chi connectivity index (χ1) is 8.27.